The van der Waals surface area contributed by atoms with E-state index in [-0.39, 0.29) is 17.7 Å². The Kier molecular flexibility index (Phi) is 6.21. The summed E-state index contributed by atoms with van der Waals surface area (Å²) in [4.78, 5) is 26.4. The lowest BCUT2D eigenvalue weighted by atomic mass is 9.98. The quantitative estimate of drug-likeness (QED) is 0.835. The van der Waals surface area contributed by atoms with Crippen molar-refractivity contribution in [3.8, 4) is 0 Å². The van der Waals surface area contributed by atoms with Crippen molar-refractivity contribution < 1.29 is 9.59 Å². The molecule has 1 aliphatic heterocycles. The van der Waals surface area contributed by atoms with Gasteiger partial charge in [0.15, 0.2) is 0 Å². The van der Waals surface area contributed by atoms with Gasteiger partial charge in [0.05, 0.1) is 0 Å². The number of rotatable bonds is 5. The second-order valence-electron chi connectivity index (χ2n) is 6.34. The molecule has 0 bridgehead atoms. The zero-order valence-corrected chi connectivity index (χ0v) is 16.1. The minimum absolute atomic E-state index is 0.152. The van der Waals surface area contributed by atoms with Gasteiger partial charge in [-0.05, 0) is 43.5 Å². The van der Waals surface area contributed by atoms with E-state index < -0.39 is 0 Å². The van der Waals surface area contributed by atoms with Gasteiger partial charge in [0, 0.05) is 36.1 Å². The molecule has 1 aliphatic rings. The third-order valence-electron chi connectivity index (χ3n) is 4.32. The molecular formula is C18H21ClN4O2S. The molecule has 1 N–H and O–H groups in total. The van der Waals surface area contributed by atoms with Crippen LogP contribution in [-0.4, -0.2) is 40.0 Å². The average Bonchev–Trinajstić information content (AvgIpc) is 3.14. The van der Waals surface area contributed by atoms with Crippen LogP contribution in [0.15, 0.2) is 24.3 Å². The molecular weight excluding hydrogens is 372 g/mol. The molecule has 2 heterocycles. The number of carbonyl (C=O) groups excluding carboxylic acids is 2. The highest BCUT2D eigenvalue weighted by atomic mass is 35.5. The number of carbonyl (C=O) groups is 2. The summed E-state index contributed by atoms with van der Waals surface area (Å²) in [6.45, 7) is 3.47. The first-order chi connectivity index (χ1) is 12.6. The molecule has 1 aromatic carbocycles. The third-order valence-corrected chi connectivity index (χ3v) is 5.66. The number of nitrogens with zero attached hydrogens (tertiary/aromatic N) is 3. The van der Waals surface area contributed by atoms with Gasteiger partial charge in [0.25, 0.3) is 5.91 Å². The van der Waals surface area contributed by atoms with Gasteiger partial charge in [0.2, 0.25) is 10.9 Å². The Morgan fingerprint density at radius 3 is 2.81 bits per heavy atom. The fourth-order valence-corrected chi connectivity index (χ4v) is 3.98. The first-order valence-corrected chi connectivity index (χ1v) is 9.94. The topological polar surface area (TPSA) is 75.2 Å². The van der Waals surface area contributed by atoms with Gasteiger partial charge in [-0.25, -0.2) is 0 Å². The van der Waals surface area contributed by atoms with Crippen molar-refractivity contribution in [1.29, 1.82) is 0 Å². The Morgan fingerprint density at radius 1 is 1.31 bits per heavy atom. The highest BCUT2D eigenvalue weighted by Gasteiger charge is 2.27. The van der Waals surface area contributed by atoms with Crippen LogP contribution < -0.4 is 5.32 Å². The molecule has 8 heteroatoms. The van der Waals surface area contributed by atoms with E-state index in [2.05, 4.69) is 15.5 Å². The lowest BCUT2D eigenvalue weighted by Crippen LogP contribution is -2.38. The Labute approximate surface area is 161 Å². The summed E-state index contributed by atoms with van der Waals surface area (Å²) in [6, 6.07) is 6.90. The van der Waals surface area contributed by atoms with Gasteiger partial charge < -0.3 is 10.2 Å². The molecule has 2 amide bonds. The molecule has 0 spiro atoms. The first-order valence-electron chi connectivity index (χ1n) is 8.75. The van der Waals surface area contributed by atoms with Crippen LogP contribution >= 0.6 is 22.9 Å². The summed E-state index contributed by atoms with van der Waals surface area (Å²) < 4.78 is 0. The number of amides is 2. The fraction of sp³-hybridized carbons (Fsp3) is 0.444. The highest BCUT2D eigenvalue weighted by molar-refractivity contribution is 7.13. The monoisotopic (exact) mass is 392 g/mol. The van der Waals surface area contributed by atoms with E-state index in [0.717, 1.165) is 30.8 Å². The average molecular weight is 393 g/mol. The second kappa shape index (κ2) is 8.60. The Hall–Kier alpha value is -1.99. The van der Waals surface area contributed by atoms with Crippen LogP contribution in [-0.2, 0) is 4.79 Å². The van der Waals surface area contributed by atoms with Crippen LogP contribution in [0.2, 0.25) is 5.02 Å². The van der Waals surface area contributed by atoms with Crippen LogP contribution in [0.1, 0.15) is 53.3 Å². The van der Waals surface area contributed by atoms with Gasteiger partial charge in [-0.3, -0.25) is 9.59 Å². The zero-order valence-electron chi connectivity index (χ0n) is 14.6. The van der Waals surface area contributed by atoms with E-state index in [9.17, 15) is 9.59 Å². The molecule has 6 nitrogen and oxygen atoms in total. The van der Waals surface area contributed by atoms with E-state index >= 15 is 0 Å². The SMILES string of the molecule is CCCC(=O)N1CCC[C@H](c2nnc(C(=O)Nc3ccc(Cl)cc3)s2)C1. The minimum atomic E-state index is -0.286. The van der Waals surface area contributed by atoms with Crippen molar-refractivity contribution in [1.82, 2.24) is 15.1 Å². The number of nitrogens with one attached hydrogen (secondary N) is 1. The standard InChI is InChI=1S/C18H21ClN4O2S/c1-2-4-15(24)23-10-3-5-12(11-23)17-21-22-18(26-17)16(25)20-14-8-6-13(19)7-9-14/h6-9,12H,2-5,10-11H2,1H3,(H,20,25)/t12-/m0/s1. The summed E-state index contributed by atoms with van der Waals surface area (Å²) in [6.07, 6.45) is 3.35. The molecule has 138 valence electrons. The van der Waals surface area contributed by atoms with Gasteiger partial charge in [-0.15, -0.1) is 10.2 Å². The van der Waals surface area contributed by atoms with Crippen molar-refractivity contribution >= 4 is 40.4 Å². The number of anilines is 1. The number of piperidine rings is 1. The highest BCUT2D eigenvalue weighted by Crippen LogP contribution is 2.29. The van der Waals surface area contributed by atoms with E-state index in [1.807, 2.05) is 11.8 Å². The molecule has 2 aromatic rings. The normalized spacial score (nSPS) is 17.2. The summed E-state index contributed by atoms with van der Waals surface area (Å²) in [5, 5.41) is 12.8. The second-order valence-corrected chi connectivity index (χ2v) is 7.78. The maximum Gasteiger partial charge on any atom is 0.286 e. The van der Waals surface area contributed by atoms with Crippen molar-refractivity contribution in [3.63, 3.8) is 0 Å². The van der Waals surface area contributed by atoms with Gasteiger partial charge in [0.1, 0.15) is 5.01 Å². The van der Waals surface area contributed by atoms with E-state index in [1.165, 1.54) is 11.3 Å². The maximum atomic E-state index is 12.4. The van der Waals surface area contributed by atoms with Crippen LogP contribution in [0.4, 0.5) is 5.69 Å². The first kappa shape index (κ1) is 18.8. The molecule has 26 heavy (non-hydrogen) atoms. The number of aromatic nitrogens is 2. The predicted molar refractivity (Wildman–Crippen MR) is 103 cm³/mol. The summed E-state index contributed by atoms with van der Waals surface area (Å²) in [5.74, 6) is 0.0624. The lowest BCUT2D eigenvalue weighted by molar-refractivity contribution is -0.132. The largest absolute Gasteiger partial charge is 0.342 e. The van der Waals surface area contributed by atoms with Crippen LogP contribution in [0, 0.1) is 0 Å². The fourth-order valence-electron chi connectivity index (χ4n) is 2.99. The Balaban J connectivity index is 1.64. The lowest BCUT2D eigenvalue weighted by Gasteiger charge is -2.31. The van der Waals surface area contributed by atoms with E-state index in [0.29, 0.717) is 28.7 Å². The molecule has 1 saturated heterocycles. The molecule has 1 atom stereocenters. The van der Waals surface area contributed by atoms with Crippen molar-refractivity contribution in [3.05, 3.63) is 39.3 Å². The van der Waals surface area contributed by atoms with Gasteiger partial charge >= 0.3 is 0 Å². The molecule has 0 radical (unpaired) electrons. The van der Waals surface area contributed by atoms with Gasteiger partial charge in [-0.2, -0.15) is 0 Å². The molecule has 0 aliphatic carbocycles. The van der Waals surface area contributed by atoms with Crippen LogP contribution in [0.3, 0.4) is 0 Å². The number of hydrogen-bond donors (Lipinski definition) is 1. The maximum absolute atomic E-state index is 12.4. The third kappa shape index (κ3) is 4.59. The van der Waals surface area contributed by atoms with Crippen LogP contribution in [0.25, 0.3) is 0 Å². The molecule has 1 aromatic heterocycles. The molecule has 0 saturated carbocycles. The Morgan fingerprint density at radius 2 is 2.08 bits per heavy atom. The number of likely N-dealkylation sites (tertiary alicyclic amines) is 1. The van der Waals surface area contributed by atoms with E-state index in [1.54, 1.807) is 24.3 Å². The van der Waals surface area contributed by atoms with Crippen molar-refractivity contribution in [2.75, 3.05) is 18.4 Å². The van der Waals surface area contributed by atoms with E-state index in [4.69, 9.17) is 11.6 Å². The number of hydrogen-bond acceptors (Lipinski definition) is 5. The number of halogens is 1. The minimum Gasteiger partial charge on any atom is -0.342 e. The zero-order chi connectivity index (χ0) is 18.5. The Bertz CT molecular complexity index is 778. The predicted octanol–water partition coefficient (Wildman–Crippen LogP) is 3.95. The summed E-state index contributed by atoms with van der Waals surface area (Å²) in [7, 11) is 0. The molecule has 3 rings (SSSR count). The van der Waals surface area contributed by atoms with Crippen molar-refractivity contribution in [2.24, 2.45) is 0 Å². The summed E-state index contributed by atoms with van der Waals surface area (Å²) in [5.41, 5.74) is 0.658. The van der Waals surface area contributed by atoms with Crippen LogP contribution in [0.5, 0.6) is 0 Å². The number of benzene rings is 1. The summed E-state index contributed by atoms with van der Waals surface area (Å²) >= 11 is 7.15. The van der Waals surface area contributed by atoms with Crippen molar-refractivity contribution in [2.45, 2.75) is 38.5 Å². The molecule has 1 fully saturated rings. The van der Waals surface area contributed by atoms with Gasteiger partial charge in [-0.1, -0.05) is 29.9 Å². The molecule has 0 unspecified atom stereocenters. The smallest absolute Gasteiger partial charge is 0.286 e.